The van der Waals surface area contributed by atoms with Gasteiger partial charge < -0.3 is 19.6 Å². The predicted octanol–water partition coefficient (Wildman–Crippen LogP) is 3.73. The van der Waals surface area contributed by atoms with Crippen LogP contribution in [-0.2, 0) is 0 Å². The van der Waals surface area contributed by atoms with E-state index in [1.165, 1.54) is 21.3 Å². The summed E-state index contributed by atoms with van der Waals surface area (Å²) in [7, 11) is 4.53. The lowest BCUT2D eigenvalue weighted by Crippen LogP contribution is -2.48. The molecule has 0 unspecified atom stereocenters. The molecule has 1 saturated carbocycles. The summed E-state index contributed by atoms with van der Waals surface area (Å²) in [6.45, 7) is 0. The normalized spacial score (nSPS) is 24.8. The third-order valence-electron chi connectivity index (χ3n) is 6.00. The summed E-state index contributed by atoms with van der Waals surface area (Å²) in [5, 5.41) is 38.6. The summed E-state index contributed by atoms with van der Waals surface area (Å²) in [4.78, 5) is 0. The number of hydrogen-bond donors (Lipinski definition) is 1. The number of methoxy groups -OCH3 is 3. The van der Waals surface area contributed by atoms with Crippen molar-refractivity contribution >= 4 is 5.71 Å². The van der Waals surface area contributed by atoms with Crippen LogP contribution >= 0.6 is 0 Å². The molecule has 7 heteroatoms. The van der Waals surface area contributed by atoms with Gasteiger partial charge in [-0.05, 0) is 36.8 Å². The van der Waals surface area contributed by atoms with Gasteiger partial charge in [-0.15, -0.1) is 0 Å². The van der Waals surface area contributed by atoms with Crippen LogP contribution in [0.25, 0.3) is 0 Å². The highest BCUT2D eigenvalue weighted by molar-refractivity contribution is 6.01. The molecule has 0 bridgehead atoms. The first-order chi connectivity index (χ1) is 14.0. The maximum absolute atomic E-state index is 10.1. The minimum absolute atomic E-state index is 0.170. The van der Waals surface area contributed by atoms with E-state index in [1.807, 2.05) is 6.08 Å². The number of hydrogen-bond acceptors (Lipinski definition) is 7. The maximum atomic E-state index is 10.1. The number of allylic oxidation sites excluding steroid dienone is 2. The van der Waals surface area contributed by atoms with E-state index < -0.39 is 17.3 Å². The van der Waals surface area contributed by atoms with Gasteiger partial charge in [0.1, 0.15) is 11.7 Å². The second-order valence-corrected chi connectivity index (χ2v) is 7.18. The summed E-state index contributed by atoms with van der Waals surface area (Å²) in [6.07, 6.45) is 4.43. The van der Waals surface area contributed by atoms with E-state index in [0.29, 0.717) is 22.8 Å². The predicted molar refractivity (Wildman–Crippen MR) is 105 cm³/mol. The van der Waals surface area contributed by atoms with Crippen molar-refractivity contribution < 1.29 is 14.2 Å². The van der Waals surface area contributed by atoms with Gasteiger partial charge in [-0.25, -0.2) is 0 Å². The fraction of sp³-hybridized carbons (Fsp3) is 0.455. The Bertz CT molecular complexity index is 979. The molecule has 0 aromatic heterocycles. The summed E-state index contributed by atoms with van der Waals surface area (Å²) >= 11 is 0. The second-order valence-electron chi connectivity index (χ2n) is 7.18. The summed E-state index contributed by atoms with van der Waals surface area (Å²) < 4.78 is 16.4. The lowest BCUT2D eigenvalue weighted by Gasteiger charge is -2.46. The summed E-state index contributed by atoms with van der Waals surface area (Å²) in [5.41, 5.74) is -0.512. The first-order valence-corrected chi connectivity index (χ1v) is 9.33. The Morgan fingerprint density at radius 2 is 1.62 bits per heavy atom. The highest BCUT2D eigenvalue weighted by Gasteiger charge is 2.57. The van der Waals surface area contributed by atoms with Gasteiger partial charge in [0.25, 0.3) is 0 Å². The van der Waals surface area contributed by atoms with E-state index in [-0.39, 0.29) is 11.6 Å². The fourth-order valence-corrected chi connectivity index (χ4v) is 4.65. The van der Waals surface area contributed by atoms with Crippen LogP contribution in [0.15, 0.2) is 23.8 Å². The van der Waals surface area contributed by atoms with Crippen molar-refractivity contribution in [1.29, 1.82) is 21.2 Å². The van der Waals surface area contributed by atoms with Gasteiger partial charge in [0.15, 0.2) is 16.9 Å². The average Bonchev–Trinajstić information content (AvgIpc) is 2.77. The third kappa shape index (κ3) is 2.89. The standard InChI is InChI=1S/C22H22N4O3/c1-27-17-9-19(29-3)18(28-2)8-15(17)20-14-7-5-4-6-13(14)16(10-23)21(26)22(20,11-24)12-25/h6,8-9,14,16,20,26H,4-5,7H2,1-3H3/t14-,16-,20-/m0/s1. The van der Waals surface area contributed by atoms with Crippen LogP contribution in [0, 0.1) is 56.7 Å². The molecule has 7 nitrogen and oxygen atoms in total. The lowest BCUT2D eigenvalue weighted by atomic mass is 9.53. The van der Waals surface area contributed by atoms with E-state index >= 15 is 0 Å². The molecular formula is C22H22N4O3. The van der Waals surface area contributed by atoms with Crippen LogP contribution in [0.3, 0.4) is 0 Å². The highest BCUT2D eigenvalue weighted by atomic mass is 16.5. The number of nitriles is 3. The molecule has 3 rings (SSSR count). The Morgan fingerprint density at radius 3 is 2.17 bits per heavy atom. The van der Waals surface area contributed by atoms with Gasteiger partial charge in [-0.2, -0.15) is 15.8 Å². The average molecular weight is 390 g/mol. The Hall–Kier alpha value is -3.50. The lowest BCUT2D eigenvalue weighted by molar-refractivity contribution is 0.303. The van der Waals surface area contributed by atoms with Gasteiger partial charge in [0, 0.05) is 17.5 Å². The number of rotatable bonds is 4. The van der Waals surface area contributed by atoms with E-state index in [0.717, 1.165) is 24.8 Å². The largest absolute Gasteiger partial charge is 0.496 e. The molecule has 148 valence electrons. The van der Waals surface area contributed by atoms with Crippen molar-refractivity contribution in [1.82, 2.24) is 0 Å². The Kier molecular flexibility index (Phi) is 5.48. The number of benzene rings is 1. The van der Waals surface area contributed by atoms with Crippen molar-refractivity contribution in [2.24, 2.45) is 17.3 Å². The molecule has 2 aliphatic carbocycles. The van der Waals surface area contributed by atoms with Crippen LogP contribution in [0.2, 0.25) is 0 Å². The molecule has 29 heavy (non-hydrogen) atoms. The molecule has 1 N–H and O–H groups in total. The molecule has 2 aliphatic rings. The van der Waals surface area contributed by atoms with Crippen molar-refractivity contribution in [2.75, 3.05) is 21.3 Å². The smallest absolute Gasteiger partial charge is 0.189 e. The van der Waals surface area contributed by atoms with Crippen LogP contribution in [-0.4, -0.2) is 27.0 Å². The zero-order valence-corrected chi connectivity index (χ0v) is 16.7. The zero-order valence-electron chi connectivity index (χ0n) is 16.7. The van der Waals surface area contributed by atoms with E-state index in [9.17, 15) is 15.8 Å². The molecule has 0 aliphatic heterocycles. The van der Waals surface area contributed by atoms with Crippen molar-refractivity contribution in [3.8, 4) is 35.5 Å². The number of fused-ring (bicyclic) bond motifs is 1. The van der Waals surface area contributed by atoms with Crippen LogP contribution < -0.4 is 14.2 Å². The minimum atomic E-state index is -1.77. The number of ether oxygens (including phenoxy) is 3. The summed E-state index contributed by atoms with van der Waals surface area (Å²) in [6, 6.07) is 9.71. The molecule has 1 aromatic rings. The number of nitrogens with one attached hydrogen (secondary N) is 1. The third-order valence-corrected chi connectivity index (χ3v) is 6.00. The van der Waals surface area contributed by atoms with Crippen LogP contribution in [0.5, 0.6) is 17.2 Å². The van der Waals surface area contributed by atoms with Crippen molar-refractivity contribution in [3.05, 3.63) is 29.3 Å². The summed E-state index contributed by atoms with van der Waals surface area (Å²) in [5.74, 6) is -0.362. The maximum Gasteiger partial charge on any atom is 0.189 e. The van der Waals surface area contributed by atoms with Crippen molar-refractivity contribution in [2.45, 2.75) is 25.2 Å². The van der Waals surface area contributed by atoms with Gasteiger partial charge in [-0.3, -0.25) is 0 Å². The molecule has 0 radical (unpaired) electrons. The van der Waals surface area contributed by atoms with Gasteiger partial charge in [-0.1, -0.05) is 6.08 Å². The monoisotopic (exact) mass is 390 g/mol. The number of nitrogens with zero attached hydrogens (tertiary/aromatic N) is 3. The Morgan fingerprint density at radius 1 is 1.00 bits per heavy atom. The van der Waals surface area contributed by atoms with Crippen LogP contribution in [0.1, 0.15) is 30.7 Å². The first-order valence-electron chi connectivity index (χ1n) is 9.33. The van der Waals surface area contributed by atoms with Gasteiger partial charge >= 0.3 is 0 Å². The highest BCUT2D eigenvalue weighted by Crippen LogP contribution is 2.57. The zero-order chi connectivity index (χ0) is 21.2. The van der Waals surface area contributed by atoms with E-state index in [4.69, 9.17) is 19.6 Å². The topological polar surface area (TPSA) is 123 Å². The van der Waals surface area contributed by atoms with E-state index in [1.54, 1.807) is 12.1 Å². The molecular weight excluding hydrogens is 368 g/mol. The molecule has 1 fully saturated rings. The minimum Gasteiger partial charge on any atom is -0.496 e. The van der Waals surface area contributed by atoms with Crippen LogP contribution in [0.4, 0.5) is 0 Å². The molecule has 0 spiro atoms. The van der Waals surface area contributed by atoms with Gasteiger partial charge in [0.05, 0.1) is 45.2 Å². The first kappa shape index (κ1) is 20.2. The second kappa shape index (κ2) is 7.86. The van der Waals surface area contributed by atoms with Crippen molar-refractivity contribution in [3.63, 3.8) is 0 Å². The molecule has 0 saturated heterocycles. The van der Waals surface area contributed by atoms with Gasteiger partial charge in [0.2, 0.25) is 0 Å². The molecule has 0 heterocycles. The Labute approximate surface area is 170 Å². The van der Waals surface area contributed by atoms with E-state index in [2.05, 4.69) is 18.2 Å². The Balaban J connectivity index is 2.34. The fourth-order valence-electron chi connectivity index (χ4n) is 4.65. The molecule has 0 amide bonds. The SMILES string of the molecule is COc1cc(OC)c([C@@H]2[C@H]3CCCC=C3[C@H](C#N)C(=N)C2(C#N)C#N)cc1OC. The molecule has 3 atom stereocenters. The molecule has 1 aromatic carbocycles. The quantitative estimate of drug-likeness (QED) is 0.781.